The van der Waals surface area contributed by atoms with Gasteiger partial charge in [-0.25, -0.2) is 17.2 Å². The zero-order valence-electron chi connectivity index (χ0n) is 8.48. The minimum atomic E-state index is -3.89. The molecular weight excluding hydrogens is 270 g/mol. The fourth-order valence-corrected chi connectivity index (χ4v) is 3.26. The van der Waals surface area contributed by atoms with Gasteiger partial charge in [-0.15, -0.1) is 0 Å². The predicted octanol–water partition coefficient (Wildman–Crippen LogP) is 1.35. The molecule has 0 bridgehead atoms. The van der Waals surface area contributed by atoms with Crippen LogP contribution in [0.15, 0.2) is 28.1 Å². The number of nitrogens with zero attached hydrogens (tertiary/aromatic N) is 1. The molecule has 0 fully saturated rings. The molecule has 4 nitrogen and oxygen atoms in total. The second kappa shape index (κ2) is 4.61. The first kappa shape index (κ1) is 12.3. The maximum atomic E-state index is 12.9. The van der Waals surface area contributed by atoms with Crippen LogP contribution in [-0.4, -0.2) is 25.9 Å². The van der Waals surface area contributed by atoms with E-state index in [2.05, 4.69) is 9.71 Å². The summed E-state index contributed by atoms with van der Waals surface area (Å²) in [5, 5.41) is 0.273. The molecule has 0 atom stereocenters. The second-order valence-corrected chi connectivity index (χ2v) is 5.98. The van der Waals surface area contributed by atoms with Gasteiger partial charge in [-0.05, 0) is 18.2 Å². The van der Waals surface area contributed by atoms with Crippen LogP contribution in [0.1, 0.15) is 0 Å². The first-order valence-electron chi connectivity index (χ1n) is 4.64. The molecule has 92 valence electrons. The van der Waals surface area contributed by atoms with Crippen LogP contribution >= 0.6 is 11.8 Å². The normalized spacial score (nSPS) is 15.8. The van der Waals surface area contributed by atoms with Crippen molar-refractivity contribution in [3.05, 3.63) is 29.8 Å². The lowest BCUT2D eigenvalue weighted by molar-refractivity contribution is 0.504. The van der Waals surface area contributed by atoms with E-state index < -0.39 is 21.7 Å². The van der Waals surface area contributed by atoms with Crippen LogP contribution in [0.5, 0.6) is 0 Å². The van der Waals surface area contributed by atoms with Gasteiger partial charge >= 0.3 is 0 Å². The maximum Gasteiger partial charge on any atom is 0.263 e. The quantitative estimate of drug-likeness (QED) is 0.888. The summed E-state index contributed by atoms with van der Waals surface area (Å²) in [6, 6.07) is 2.41. The first-order chi connectivity index (χ1) is 7.99. The number of benzene rings is 1. The number of thioether (sulfide) groups is 1. The molecule has 1 aromatic rings. The number of sulfonamides is 1. The fourth-order valence-electron chi connectivity index (χ4n) is 1.21. The van der Waals surface area contributed by atoms with E-state index in [4.69, 9.17) is 0 Å². The highest BCUT2D eigenvalue weighted by molar-refractivity contribution is 8.15. The van der Waals surface area contributed by atoms with Crippen molar-refractivity contribution in [3.8, 4) is 0 Å². The lowest BCUT2D eigenvalue weighted by Crippen LogP contribution is -2.27. The lowest BCUT2D eigenvalue weighted by atomic mass is 10.3. The molecule has 0 unspecified atom stereocenters. The summed E-state index contributed by atoms with van der Waals surface area (Å²) >= 11 is 1.26. The number of rotatable bonds is 2. The van der Waals surface area contributed by atoms with Crippen molar-refractivity contribution in [2.75, 3.05) is 12.3 Å². The first-order valence-corrected chi connectivity index (χ1v) is 7.11. The smallest absolute Gasteiger partial charge is 0.261 e. The van der Waals surface area contributed by atoms with Crippen molar-refractivity contribution >= 4 is 27.0 Å². The molecule has 0 aromatic heterocycles. The van der Waals surface area contributed by atoms with Crippen molar-refractivity contribution < 1.29 is 17.2 Å². The Morgan fingerprint density at radius 1 is 1.29 bits per heavy atom. The number of nitrogens with one attached hydrogen (secondary N) is 1. The number of hydrogen-bond acceptors (Lipinski definition) is 4. The van der Waals surface area contributed by atoms with Gasteiger partial charge in [0.2, 0.25) is 0 Å². The Balaban J connectivity index is 2.28. The summed E-state index contributed by atoms with van der Waals surface area (Å²) in [6.07, 6.45) is 0. The van der Waals surface area contributed by atoms with Gasteiger partial charge in [-0.3, -0.25) is 9.71 Å². The van der Waals surface area contributed by atoms with Crippen LogP contribution < -0.4 is 4.72 Å². The average Bonchev–Trinajstić information content (AvgIpc) is 2.73. The fraction of sp³-hybridized carbons (Fsp3) is 0.222. The summed E-state index contributed by atoms with van der Waals surface area (Å²) in [6.45, 7) is 0.542. The van der Waals surface area contributed by atoms with E-state index in [9.17, 15) is 17.2 Å². The molecule has 1 N–H and O–H groups in total. The van der Waals surface area contributed by atoms with Crippen molar-refractivity contribution in [1.82, 2.24) is 4.72 Å². The second-order valence-electron chi connectivity index (χ2n) is 3.22. The van der Waals surface area contributed by atoms with E-state index in [-0.39, 0.29) is 10.1 Å². The third-order valence-electron chi connectivity index (χ3n) is 2.01. The molecular formula is C9H8F2N2O2S2. The van der Waals surface area contributed by atoms with Gasteiger partial charge in [0, 0.05) is 5.75 Å². The summed E-state index contributed by atoms with van der Waals surface area (Å²) in [4.78, 5) is 3.58. The number of halogens is 2. The number of hydrogen-bond donors (Lipinski definition) is 1. The van der Waals surface area contributed by atoms with Gasteiger partial charge in [-0.2, -0.15) is 0 Å². The van der Waals surface area contributed by atoms with Gasteiger partial charge < -0.3 is 0 Å². The van der Waals surface area contributed by atoms with E-state index in [1.54, 1.807) is 0 Å². The molecule has 17 heavy (non-hydrogen) atoms. The van der Waals surface area contributed by atoms with Crippen LogP contribution in [0.25, 0.3) is 0 Å². The highest BCUT2D eigenvalue weighted by atomic mass is 32.2. The Morgan fingerprint density at radius 2 is 2.06 bits per heavy atom. The summed E-state index contributed by atoms with van der Waals surface area (Å²) in [7, 11) is -3.89. The molecule has 1 aromatic carbocycles. The third-order valence-corrected chi connectivity index (χ3v) is 4.37. The Labute approximate surface area is 101 Å². The topological polar surface area (TPSA) is 58.5 Å². The van der Waals surface area contributed by atoms with Crippen molar-refractivity contribution in [3.63, 3.8) is 0 Å². The Kier molecular flexibility index (Phi) is 3.34. The van der Waals surface area contributed by atoms with Crippen molar-refractivity contribution in [2.45, 2.75) is 4.90 Å². The molecule has 1 aliphatic heterocycles. The minimum Gasteiger partial charge on any atom is -0.261 e. The van der Waals surface area contributed by atoms with Gasteiger partial charge in [0.25, 0.3) is 10.0 Å². The van der Waals surface area contributed by atoms with Crippen molar-refractivity contribution in [1.29, 1.82) is 0 Å². The van der Waals surface area contributed by atoms with Crippen molar-refractivity contribution in [2.24, 2.45) is 4.99 Å². The molecule has 2 rings (SSSR count). The van der Waals surface area contributed by atoms with E-state index >= 15 is 0 Å². The molecule has 0 radical (unpaired) electrons. The molecule has 0 spiro atoms. The van der Waals surface area contributed by atoms with E-state index in [0.29, 0.717) is 18.4 Å². The highest BCUT2D eigenvalue weighted by Gasteiger charge is 2.20. The average molecular weight is 278 g/mol. The van der Waals surface area contributed by atoms with Gasteiger partial charge in [0.05, 0.1) is 11.4 Å². The summed E-state index contributed by atoms with van der Waals surface area (Å²) in [5.41, 5.74) is 0. The van der Waals surface area contributed by atoms with Crippen LogP contribution in [0, 0.1) is 11.6 Å². The molecule has 0 saturated carbocycles. The summed E-state index contributed by atoms with van der Waals surface area (Å²) in [5.74, 6) is -1.58. The predicted molar refractivity (Wildman–Crippen MR) is 61.4 cm³/mol. The monoisotopic (exact) mass is 278 g/mol. The largest absolute Gasteiger partial charge is 0.263 e. The van der Waals surface area contributed by atoms with E-state index in [1.807, 2.05) is 0 Å². The maximum absolute atomic E-state index is 12.9. The minimum absolute atomic E-state index is 0.273. The zero-order valence-corrected chi connectivity index (χ0v) is 10.1. The molecule has 0 saturated heterocycles. The van der Waals surface area contributed by atoms with Crippen LogP contribution in [0.3, 0.4) is 0 Å². The Morgan fingerprint density at radius 3 is 2.65 bits per heavy atom. The molecule has 1 aliphatic rings. The van der Waals surface area contributed by atoms with Gasteiger partial charge in [0.1, 0.15) is 0 Å². The molecule has 0 amide bonds. The van der Waals surface area contributed by atoms with E-state index in [1.165, 1.54) is 11.8 Å². The molecule has 8 heteroatoms. The standard InChI is InChI=1S/C9H8F2N2O2S2/c10-7-2-1-6(5-8(7)11)17(14,15)13-9-12-3-4-16-9/h1-2,5H,3-4H2,(H,12,13). The number of aliphatic imine (C=N–C) groups is 1. The Bertz CT molecular complexity index is 572. The lowest BCUT2D eigenvalue weighted by Gasteiger charge is -2.06. The Hall–Kier alpha value is -1.15. The van der Waals surface area contributed by atoms with E-state index in [0.717, 1.165) is 12.1 Å². The third kappa shape index (κ3) is 2.75. The highest BCUT2D eigenvalue weighted by Crippen LogP contribution is 2.16. The van der Waals surface area contributed by atoms with Crippen LogP contribution in [0.4, 0.5) is 8.78 Å². The number of amidine groups is 1. The van der Waals surface area contributed by atoms with Crippen LogP contribution in [-0.2, 0) is 10.0 Å². The van der Waals surface area contributed by atoms with Gasteiger partial charge in [0.15, 0.2) is 16.8 Å². The van der Waals surface area contributed by atoms with Gasteiger partial charge in [-0.1, -0.05) is 11.8 Å². The summed E-state index contributed by atoms with van der Waals surface area (Å²) < 4.78 is 51.3. The molecule has 1 heterocycles. The SMILES string of the molecule is O=S(=O)(NC1=NCCS1)c1ccc(F)c(F)c1. The van der Waals surface area contributed by atoms with Crippen LogP contribution in [0.2, 0.25) is 0 Å². The molecule has 0 aliphatic carbocycles. The zero-order chi connectivity index (χ0) is 12.5.